The molecule has 0 fully saturated rings. The molecule has 4 rings (SSSR count). The summed E-state index contributed by atoms with van der Waals surface area (Å²) in [6.45, 7) is 1.28. The van der Waals surface area contributed by atoms with Crippen molar-refractivity contribution in [3.8, 4) is 34.1 Å². The molecule has 0 bridgehead atoms. The van der Waals surface area contributed by atoms with Crippen LogP contribution in [-0.4, -0.2) is 38.1 Å². The first kappa shape index (κ1) is 17.8. The van der Waals surface area contributed by atoms with Gasteiger partial charge in [0.1, 0.15) is 5.69 Å². The molecular weight excluding hydrogens is 362 g/mol. The van der Waals surface area contributed by atoms with E-state index in [1.165, 1.54) is 27.2 Å². The number of pyridine rings is 1. The van der Waals surface area contributed by atoms with Gasteiger partial charge in [0.2, 0.25) is 5.78 Å². The molecule has 7 nitrogen and oxygen atoms in total. The lowest BCUT2D eigenvalue weighted by Gasteiger charge is -2.24. The fourth-order valence-electron chi connectivity index (χ4n) is 3.56. The van der Waals surface area contributed by atoms with Gasteiger partial charge in [-0.1, -0.05) is 0 Å². The van der Waals surface area contributed by atoms with E-state index in [1.54, 1.807) is 19.4 Å². The van der Waals surface area contributed by atoms with E-state index in [9.17, 15) is 9.59 Å². The third kappa shape index (κ3) is 2.47. The average Bonchev–Trinajstić information content (AvgIpc) is 2.70. The van der Waals surface area contributed by atoms with E-state index in [2.05, 4.69) is 4.98 Å². The lowest BCUT2D eigenvalue weighted by molar-refractivity contribution is -0.132. The van der Waals surface area contributed by atoms with Gasteiger partial charge < -0.3 is 18.9 Å². The summed E-state index contributed by atoms with van der Waals surface area (Å²) in [6, 6.07) is 6.79. The first-order chi connectivity index (χ1) is 13.5. The molecule has 3 aromatic rings. The number of esters is 1. The van der Waals surface area contributed by atoms with E-state index in [4.69, 9.17) is 18.9 Å². The Bertz CT molecular complexity index is 1150. The van der Waals surface area contributed by atoms with Crippen molar-refractivity contribution in [2.24, 2.45) is 0 Å². The standard InChI is InChI=1S/C21H17NO6/c1-10(23)28-15-9-13-12(8-14(15)25-2)18-17-11(5-6-22-19(17)20(13)24)7-16(26-3)21(18)27-4/h5-9H,1-4H3. The summed E-state index contributed by atoms with van der Waals surface area (Å²) >= 11 is 0. The number of carbonyl (C=O) groups is 2. The van der Waals surface area contributed by atoms with Crippen molar-refractivity contribution < 1.29 is 28.5 Å². The van der Waals surface area contributed by atoms with Crippen LogP contribution in [0.3, 0.4) is 0 Å². The van der Waals surface area contributed by atoms with E-state index in [1.807, 2.05) is 12.1 Å². The van der Waals surface area contributed by atoms with Crippen LogP contribution in [0.4, 0.5) is 0 Å². The van der Waals surface area contributed by atoms with Crippen LogP contribution in [0.5, 0.6) is 23.0 Å². The Balaban J connectivity index is 2.15. The molecule has 1 aromatic heterocycles. The van der Waals surface area contributed by atoms with Gasteiger partial charge in [-0.15, -0.1) is 0 Å². The van der Waals surface area contributed by atoms with Crippen LogP contribution in [0.1, 0.15) is 23.0 Å². The molecule has 1 aliphatic carbocycles. The topological polar surface area (TPSA) is 84.0 Å². The Morgan fingerprint density at radius 2 is 1.64 bits per heavy atom. The van der Waals surface area contributed by atoms with Crippen LogP contribution >= 0.6 is 0 Å². The molecule has 7 heteroatoms. The first-order valence-corrected chi connectivity index (χ1v) is 8.49. The Labute approximate surface area is 160 Å². The number of rotatable bonds is 4. The Morgan fingerprint density at radius 1 is 0.929 bits per heavy atom. The highest BCUT2D eigenvalue weighted by molar-refractivity contribution is 6.26. The van der Waals surface area contributed by atoms with Crippen LogP contribution in [-0.2, 0) is 4.79 Å². The molecule has 0 N–H and O–H groups in total. The number of methoxy groups -OCH3 is 3. The van der Waals surface area contributed by atoms with Crippen molar-refractivity contribution in [3.63, 3.8) is 0 Å². The molecule has 0 saturated carbocycles. The molecule has 0 radical (unpaired) electrons. The number of aromatic nitrogens is 1. The minimum Gasteiger partial charge on any atom is -0.493 e. The molecule has 0 atom stereocenters. The summed E-state index contributed by atoms with van der Waals surface area (Å²) < 4.78 is 21.7. The Hall–Kier alpha value is -3.61. The zero-order chi connectivity index (χ0) is 20.0. The molecule has 2 aromatic carbocycles. The predicted molar refractivity (Wildman–Crippen MR) is 102 cm³/mol. The summed E-state index contributed by atoms with van der Waals surface area (Å²) in [5.41, 5.74) is 1.93. The number of ketones is 1. The molecule has 0 spiro atoms. The zero-order valence-corrected chi connectivity index (χ0v) is 15.8. The largest absolute Gasteiger partial charge is 0.493 e. The highest BCUT2D eigenvalue weighted by Crippen LogP contribution is 2.50. The number of carbonyl (C=O) groups excluding carboxylic acids is 2. The highest BCUT2D eigenvalue weighted by atomic mass is 16.6. The Kier molecular flexibility index (Phi) is 4.15. The van der Waals surface area contributed by atoms with Crippen molar-refractivity contribution in [2.75, 3.05) is 21.3 Å². The summed E-state index contributed by atoms with van der Waals surface area (Å²) in [4.78, 5) is 28.9. The maximum atomic E-state index is 13.2. The van der Waals surface area contributed by atoms with Crippen LogP contribution in [0.25, 0.3) is 21.9 Å². The van der Waals surface area contributed by atoms with E-state index >= 15 is 0 Å². The van der Waals surface area contributed by atoms with Crippen molar-refractivity contribution in [3.05, 3.63) is 41.7 Å². The summed E-state index contributed by atoms with van der Waals surface area (Å²) in [5.74, 6) is 0.732. The second kappa shape index (κ2) is 6.53. The molecule has 0 amide bonds. The highest BCUT2D eigenvalue weighted by Gasteiger charge is 2.32. The third-order valence-corrected chi connectivity index (χ3v) is 4.68. The van der Waals surface area contributed by atoms with Crippen molar-refractivity contribution in [1.29, 1.82) is 0 Å². The summed E-state index contributed by atoms with van der Waals surface area (Å²) in [7, 11) is 4.56. The second-order valence-corrected chi connectivity index (χ2v) is 6.22. The molecular formula is C21H17NO6. The second-order valence-electron chi connectivity index (χ2n) is 6.22. The van der Waals surface area contributed by atoms with Gasteiger partial charge in [-0.3, -0.25) is 14.6 Å². The Morgan fingerprint density at radius 3 is 2.29 bits per heavy atom. The number of fused-ring (bicyclic) bond motifs is 2. The fourth-order valence-corrected chi connectivity index (χ4v) is 3.56. The average molecular weight is 379 g/mol. The van der Waals surface area contributed by atoms with Crippen molar-refractivity contribution in [2.45, 2.75) is 6.92 Å². The van der Waals surface area contributed by atoms with E-state index in [0.29, 0.717) is 45.0 Å². The van der Waals surface area contributed by atoms with Gasteiger partial charge in [0.25, 0.3) is 0 Å². The maximum absolute atomic E-state index is 13.2. The van der Waals surface area contributed by atoms with Gasteiger partial charge in [-0.25, -0.2) is 0 Å². The van der Waals surface area contributed by atoms with E-state index in [0.717, 1.165) is 5.39 Å². The lowest BCUT2D eigenvalue weighted by atomic mass is 9.84. The molecule has 1 heterocycles. The normalized spacial score (nSPS) is 11.8. The monoisotopic (exact) mass is 379 g/mol. The lowest BCUT2D eigenvalue weighted by Crippen LogP contribution is -2.14. The van der Waals surface area contributed by atoms with Gasteiger partial charge in [-0.05, 0) is 29.7 Å². The molecule has 28 heavy (non-hydrogen) atoms. The first-order valence-electron chi connectivity index (χ1n) is 8.49. The van der Waals surface area contributed by atoms with E-state index in [-0.39, 0.29) is 11.5 Å². The third-order valence-electron chi connectivity index (χ3n) is 4.68. The van der Waals surface area contributed by atoms with Gasteiger partial charge in [-0.2, -0.15) is 0 Å². The number of hydrogen-bond donors (Lipinski definition) is 0. The molecule has 0 saturated heterocycles. The molecule has 0 aliphatic heterocycles. The number of benzene rings is 2. The summed E-state index contributed by atoms with van der Waals surface area (Å²) in [6.07, 6.45) is 1.58. The predicted octanol–water partition coefficient (Wildman–Crippen LogP) is 3.40. The minimum atomic E-state index is -0.513. The van der Waals surface area contributed by atoms with Gasteiger partial charge in [0.05, 0.1) is 21.3 Å². The van der Waals surface area contributed by atoms with Crippen LogP contribution in [0, 0.1) is 0 Å². The minimum absolute atomic E-state index is 0.166. The fraction of sp³-hybridized carbons (Fsp3) is 0.190. The SMILES string of the molecule is COc1cc2c(cc1OC(C)=O)C(=O)c1nccc3cc(OC)c(OC)c-2c13. The molecule has 1 aliphatic rings. The number of nitrogens with zero attached hydrogens (tertiary/aromatic N) is 1. The van der Waals surface area contributed by atoms with Gasteiger partial charge in [0.15, 0.2) is 23.0 Å². The zero-order valence-electron chi connectivity index (χ0n) is 15.8. The van der Waals surface area contributed by atoms with E-state index < -0.39 is 5.97 Å². The maximum Gasteiger partial charge on any atom is 0.308 e. The number of hydrogen-bond acceptors (Lipinski definition) is 7. The summed E-state index contributed by atoms with van der Waals surface area (Å²) in [5, 5.41) is 1.49. The number of ether oxygens (including phenoxy) is 4. The quantitative estimate of drug-likeness (QED) is 0.397. The van der Waals surface area contributed by atoms with Crippen LogP contribution < -0.4 is 18.9 Å². The van der Waals surface area contributed by atoms with Crippen molar-refractivity contribution >= 4 is 22.5 Å². The van der Waals surface area contributed by atoms with Crippen LogP contribution in [0.15, 0.2) is 30.5 Å². The van der Waals surface area contributed by atoms with Gasteiger partial charge >= 0.3 is 5.97 Å². The van der Waals surface area contributed by atoms with Crippen LogP contribution in [0.2, 0.25) is 0 Å². The molecule has 142 valence electrons. The molecule has 0 unspecified atom stereocenters. The smallest absolute Gasteiger partial charge is 0.308 e. The van der Waals surface area contributed by atoms with Gasteiger partial charge in [0, 0.05) is 35.2 Å². The van der Waals surface area contributed by atoms with Crippen molar-refractivity contribution in [1.82, 2.24) is 4.98 Å².